The predicted octanol–water partition coefficient (Wildman–Crippen LogP) is 1.93. The van der Waals surface area contributed by atoms with Crippen molar-refractivity contribution in [2.45, 2.75) is 19.3 Å². The Labute approximate surface area is 117 Å². The summed E-state index contributed by atoms with van der Waals surface area (Å²) in [6.07, 6.45) is 2.12. The van der Waals surface area contributed by atoms with Crippen molar-refractivity contribution in [2.24, 2.45) is 0 Å². The summed E-state index contributed by atoms with van der Waals surface area (Å²) in [5.41, 5.74) is 2.25. The van der Waals surface area contributed by atoms with Crippen LogP contribution in [0.3, 0.4) is 0 Å². The zero-order chi connectivity index (χ0) is 14.0. The number of aromatic hydroxyl groups is 1. The average Bonchev–Trinajstić information content (AvgIpc) is 2.50. The van der Waals surface area contributed by atoms with Gasteiger partial charge in [0.15, 0.2) is 5.11 Å². The van der Waals surface area contributed by atoms with Gasteiger partial charge in [-0.1, -0.05) is 0 Å². The van der Waals surface area contributed by atoms with E-state index in [4.69, 9.17) is 12.2 Å². The van der Waals surface area contributed by atoms with Crippen LogP contribution in [0.1, 0.15) is 18.4 Å². The normalized spacial score (nSPS) is 14.1. The molecule has 102 valence electrons. The molecule has 1 aromatic rings. The Kier molecular flexibility index (Phi) is 3.90. The Balaban J connectivity index is 2.30. The van der Waals surface area contributed by atoms with Crippen LogP contribution in [0.25, 0.3) is 0 Å². The number of nitrogens with zero attached hydrogens (tertiary/aromatic N) is 1. The van der Waals surface area contributed by atoms with Crippen molar-refractivity contribution >= 4 is 34.6 Å². The third kappa shape index (κ3) is 3.14. The Bertz CT molecular complexity index is 529. The number of phenols is 1. The molecule has 0 atom stereocenters. The van der Waals surface area contributed by atoms with Crippen LogP contribution in [0.5, 0.6) is 5.75 Å². The molecule has 1 amide bonds. The topological polar surface area (TPSA) is 64.6 Å². The highest BCUT2D eigenvalue weighted by Gasteiger charge is 2.16. The van der Waals surface area contributed by atoms with E-state index in [0.29, 0.717) is 22.9 Å². The molecule has 1 heterocycles. The lowest BCUT2D eigenvalue weighted by atomic mass is 10.1. The van der Waals surface area contributed by atoms with Gasteiger partial charge in [-0.15, -0.1) is 0 Å². The first-order valence-electron chi connectivity index (χ1n) is 6.11. The van der Waals surface area contributed by atoms with Crippen LogP contribution in [0, 0.1) is 0 Å². The highest BCUT2D eigenvalue weighted by atomic mass is 32.1. The molecule has 5 nitrogen and oxygen atoms in total. The number of benzene rings is 1. The summed E-state index contributed by atoms with van der Waals surface area (Å²) in [4.78, 5) is 13.2. The Hall–Kier alpha value is -1.82. The van der Waals surface area contributed by atoms with E-state index < -0.39 is 0 Å². The molecule has 1 aliphatic heterocycles. The molecule has 1 aliphatic rings. The number of amides is 1. The summed E-state index contributed by atoms with van der Waals surface area (Å²) in [5, 5.41) is 16.3. The molecule has 0 spiro atoms. The summed E-state index contributed by atoms with van der Waals surface area (Å²) in [6.45, 7) is 0. The van der Waals surface area contributed by atoms with E-state index in [9.17, 15) is 9.90 Å². The average molecular weight is 279 g/mol. The number of hydrogen-bond acceptors (Lipinski definition) is 3. The molecule has 0 saturated carbocycles. The van der Waals surface area contributed by atoms with Gasteiger partial charge in [-0.3, -0.25) is 4.79 Å². The maximum Gasteiger partial charge on any atom is 0.224 e. The van der Waals surface area contributed by atoms with Crippen molar-refractivity contribution < 1.29 is 9.90 Å². The molecular formula is C13H17N3O2S. The fourth-order valence-electron chi connectivity index (χ4n) is 1.94. The Morgan fingerprint density at radius 3 is 2.84 bits per heavy atom. The molecule has 0 radical (unpaired) electrons. The first-order chi connectivity index (χ1) is 8.97. The predicted molar refractivity (Wildman–Crippen MR) is 79.6 cm³/mol. The Morgan fingerprint density at radius 1 is 1.42 bits per heavy atom. The van der Waals surface area contributed by atoms with E-state index in [1.807, 2.05) is 20.2 Å². The van der Waals surface area contributed by atoms with Crippen molar-refractivity contribution in [2.75, 3.05) is 24.7 Å². The van der Waals surface area contributed by atoms with Gasteiger partial charge in [-0.05, 0) is 36.7 Å². The fourth-order valence-corrected chi connectivity index (χ4v) is 2.05. The smallest absolute Gasteiger partial charge is 0.224 e. The highest BCUT2D eigenvalue weighted by Crippen LogP contribution is 2.33. The minimum atomic E-state index is -0.0114. The van der Waals surface area contributed by atoms with E-state index >= 15 is 0 Å². The molecule has 0 unspecified atom stereocenters. The minimum absolute atomic E-state index is 0.0114. The molecule has 0 aliphatic carbocycles. The molecule has 6 heteroatoms. The molecule has 1 aromatic carbocycles. The van der Waals surface area contributed by atoms with Crippen LogP contribution in [0.2, 0.25) is 0 Å². The summed E-state index contributed by atoms with van der Waals surface area (Å²) in [6, 6.07) is 3.41. The van der Waals surface area contributed by atoms with Crippen molar-refractivity contribution in [1.29, 1.82) is 0 Å². The zero-order valence-corrected chi connectivity index (χ0v) is 11.8. The number of aryl methyl sites for hydroxylation is 1. The van der Waals surface area contributed by atoms with Gasteiger partial charge in [0.05, 0.1) is 5.69 Å². The number of thiocarbonyl (C=S) groups is 1. The lowest BCUT2D eigenvalue weighted by molar-refractivity contribution is -0.116. The summed E-state index contributed by atoms with van der Waals surface area (Å²) in [5.74, 6) is 0.0628. The van der Waals surface area contributed by atoms with Crippen LogP contribution < -0.4 is 10.6 Å². The van der Waals surface area contributed by atoms with Gasteiger partial charge in [0, 0.05) is 32.3 Å². The highest BCUT2D eigenvalue weighted by molar-refractivity contribution is 7.80. The first kappa shape index (κ1) is 13.6. The van der Waals surface area contributed by atoms with Gasteiger partial charge in [-0.2, -0.15) is 0 Å². The van der Waals surface area contributed by atoms with Gasteiger partial charge in [0.1, 0.15) is 5.75 Å². The van der Waals surface area contributed by atoms with Crippen LogP contribution >= 0.6 is 12.2 Å². The quantitative estimate of drug-likeness (QED) is 0.541. The maximum absolute atomic E-state index is 11.5. The molecule has 0 saturated heterocycles. The third-order valence-corrected chi connectivity index (χ3v) is 3.46. The molecule has 19 heavy (non-hydrogen) atoms. The largest absolute Gasteiger partial charge is 0.506 e. The van der Waals surface area contributed by atoms with Crippen molar-refractivity contribution in [3.8, 4) is 5.75 Å². The van der Waals surface area contributed by atoms with Gasteiger partial charge in [0.25, 0.3) is 0 Å². The number of phenolic OH excluding ortho intramolecular Hbond substituents is 1. The van der Waals surface area contributed by atoms with Gasteiger partial charge in [0.2, 0.25) is 5.91 Å². The number of rotatable bonds is 1. The third-order valence-electron chi connectivity index (χ3n) is 2.99. The second kappa shape index (κ2) is 5.44. The molecule has 0 bridgehead atoms. The standard InChI is InChI=1S/C13H17N3O2S/c1-16(2)13(19)15-10-6-8-4-3-5-12(18)14-9(8)7-11(10)17/h6-7,17H,3-5H2,1-2H3,(H,14,18)(H,15,19). The summed E-state index contributed by atoms with van der Waals surface area (Å²) >= 11 is 5.15. The van der Waals surface area contributed by atoms with Crippen LogP contribution in [0.4, 0.5) is 11.4 Å². The number of carbonyl (C=O) groups excluding carboxylic acids is 1. The number of hydrogen-bond donors (Lipinski definition) is 3. The fraction of sp³-hybridized carbons (Fsp3) is 0.385. The van der Waals surface area contributed by atoms with E-state index in [-0.39, 0.29) is 11.7 Å². The van der Waals surface area contributed by atoms with Gasteiger partial charge >= 0.3 is 0 Å². The van der Waals surface area contributed by atoms with E-state index in [1.165, 1.54) is 0 Å². The monoisotopic (exact) mass is 279 g/mol. The second-order valence-corrected chi connectivity index (χ2v) is 5.14. The van der Waals surface area contributed by atoms with Gasteiger partial charge < -0.3 is 20.6 Å². The van der Waals surface area contributed by atoms with Crippen molar-refractivity contribution in [3.63, 3.8) is 0 Å². The van der Waals surface area contributed by atoms with E-state index in [1.54, 1.807) is 11.0 Å². The van der Waals surface area contributed by atoms with Crippen molar-refractivity contribution in [1.82, 2.24) is 4.90 Å². The van der Waals surface area contributed by atoms with Crippen molar-refractivity contribution in [3.05, 3.63) is 17.7 Å². The molecule has 2 rings (SSSR count). The molecule has 3 N–H and O–H groups in total. The zero-order valence-electron chi connectivity index (χ0n) is 11.0. The first-order valence-corrected chi connectivity index (χ1v) is 6.52. The second-order valence-electron chi connectivity index (χ2n) is 4.75. The lowest BCUT2D eigenvalue weighted by Gasteiger charge is -2.18. The van der Waals surface area contributed by atoms with E-state index in [2.05, 4.69) is 10.6 Å². The number of anilines is 2. The Morgan fingerprint density at radius 2 is 2.16 bits per heavy atom. The van der Waals surface area contributed by atoms with Crippen LogP contribution in [-0.4, -0.2) is 35.1 Å². The minimum Gasteiger partial charge on any atom is -0.506 e. The van der Waals surface area contributed by atoms with Crippen LogP contribution in [0.15, 0.2) is 12.1 Å². The van der Waals surface area contributed by atoms with E-state index in [0.717, 1.165) is 18.4 Å². The number of carbonyl (C=O) groups is 1. The van der Waals surface area contributed by atoms with Gasteiger partial charge in [-0.25, -0.2) is 0 Å². The number of fused-ring (bicyclic) bond motifs is 1. The lowest BCUT2D eigenvalue weighted by Crippen LogP contribution is -2.27. The summed E-state index contributed by atoms with van der Waals surface area (Å²) in [7, 11) is 3.66. The number of nitrogens with one attached hydrogen (secondary N) is 2. The molecule has 0 aromatic heterocycles. The SMILES string of the molecule is CN(C)C(=S)Nc1cc2c(cc1O)NC(=O)CCC2. The molecular weight excluding hydrogens is 262 g/mol. The maximum atomic E-state index is 11.5. The molecule has 0 fully saturated rings. The van der Waals surface area contributed by atoms with Crippen LogP contribution in [-0.2, 0) is 11.2 Å². The summed E-state index contributed by atoms with van der Waals surface area (Å²) < 4.78 is 0.